The van der Waals surface area contributed by atoms with Gasteiger partial charge in [-0.25, -0.2) is 4.79 Å². The zero-order valence-corrected chi connectivity index (χ0v) is 12.3. The molecule has 0 aliphatic carbocycles. The van der Waals surface area contributed by atoms with Crippen LogP contribution >= 0.6 is 15.9 Å². The van der Waals surface area contributed by atoms with Gasteiger partial charge in [0.25, 0.3) is 5.69 Å². The maximum Gasteiger partial charge on any atom is 0.336 e. The van der Waals surface area contributed by atoms with E-state index in [-0.39, 0.29) is 16.8 Å². The number of nitro benzene ring substituents is 1. The Kier molecular flexibility index (Phi) is 4.49. The van der Waals surface area contributed by atoms with Gasteiger partial charge in [-0.2, -0.15) is 0 Å². The van der Waals surface area contributed by atoms with E-state index in [1.54, 1.807) is 36.4 Å². The summed E-state index contributed by atoms with van der Waals surface area (Å²) in [6.07, 6.45) is 1.31. The summed E-state index contributed by atoms with van der Waals surface area (Å²) in [7, 11) is 0. The molecule has 0 saturated heterocycles. The van der Waals surface area contributed by atoms with Crippen molar-refractivity contribution in [2.24, 2.45) is 0 Å². The molecule has 0 aliphatic rings. The fourth-order valence-electron chi connectivity index (χ4n) is 1.84. The minimum absolute atomic E-state index is 0.000947. The van der Waals surface area contributed by atoms with Gasteiger partial charge in [0.15, 0.2) is 0 Å². The van der Waals surface area contributed by atoms with Crippen LogP contribution in [0.25, 0.3) is 11.6 Å². The largest absolute Gasteiger partial charge is 0.478 e. The van der Waals surface area contributed by atoms with Crippen molar-refractivity contribution < 1.29 is 14.8 Å². The average Bonchev–Trinajstić information content (AvgIpc) is 2.46. The van der Waals surface area contributed by atoms with Gasteiger partial charge in [-0.1, -0.05) is 46.3 Å². The van der Waals surface area contributed by atoms with Crippen LogP contribution < -0.4 is 0 Å². The lowest BCUT2D eigenvalue weighted by molar-refractivity contribution is -0.385. The van der Waals surface area contributed by atoms with Crippen molar-refractivity contribution in [1.82, 2.24) is 0 Å². The lowest BCUT2D eigenvalue weighted by atomic mass is 10.0. The third kappa shape index (κ3) is 3.55. The second-order valence-corrected chi connectivity index (χ2v) is 5.11. The average molecular weight is 348 g/mol. The number of carbonyl (C=O) groups is 1. The second kappa shape index (κ2) is 6.32. The van der Waals surface area contributed by atoms with Crippen LogP contribution in [-0.2, 0) is 4.79 Å². The maximum absolute atomic E-state index is 11.4. The lowest BCUT2D eigenvalue weighted by Crippen LogP contribution is -2.00. The molecule has 0 amide bonds. The quantitative estimate of drug-likeness (QED) is 0.392. The van der Waals surface area contributed by atoms with Crippen LogP contribution in [0.5, 0.6) is 0 Å². The third-order valence-corrected chi connectivity index (χ3v) is 3.30. The summed E-state index contributed by atoms with van der Waals surface area (Å²) >= 11 is 3.16. The Balaban J connectivity index is 2.59. The highest BCUT2D eigenvalue weighted by molar-refractivity contribution is 9.10. The molecule has 0 fully saturated rings. The van der Waals surface area contributed by atoms with Crippen LogP contribution in [0, 0.1) is 10.1 Å². The van der Waals surface area contributed by atoms with Gasteiger partial charge in [-0.15, -0.1) is 0 Å². The van der Waals surface area contributed by atoms with Crippen molar-refractivity contribution in [1.29, 1.82) is 0 Å². The summed E-state index contributed by atoms with van der Waals surface area (Å²) < 4.78 is 0.558. The molecular weight excluding hydrogens is 338 g/mol. The summed E-state index contributed by atoms with van der Waals surface area (Å²) in [6.45, 7) is 0. The molecule has 0 heterocycles. The van der Waals surface area contributed by atoms with Gasteiger partial charge in [0.1, 0.15) is 0 Å². The zero-order valence-electron chi connectivity index (χ0n) is 10.7. The molecule has 0 bridgehead atoms. The van der Waals surface area contributed by atoms with Crippen LogP contribution in [0.15, 0.2) is 53.0 Å². The third-order valence-electron chi connectivity index (χ3n) is 2.80. The normalized spacial score (nSPS) is 11.2. The molecule has 21 heavy (non-hydrogen) atoms. The first-order valence-corrected chi connectivity index (χ1v) is 6.72. The number of carboxylic acid groups (broad SMARTS) is 1. The summed E-state index contributed by atoms with van der Waals surface area (Å²) in [6, 6.07) is 13.0. The highest BCUT2D eigenvalue weighted by atomic mass is 79.9. The van der Waals surface area contributed by atoms with E-state index in [1.165, 1.54) is 18.2 Å². The van der Waals surface area contributed by atoms with Crippen LogP contribution in [0.3, 0.4) is 0 Å². The zero-order chi connectivity index (χ0) is 15.4. The molecule has 6 heteroatoms. The van der Waals surface area contributed by atoms with E-state index in [4.69, 9.17) is 0 Å². The van der Waals surface area contributed by atoms with Crippen molar-refractivity contribution in [3.8, 4) is 0 Å². The molecule has 106 valence electrons. The number of aliphatic carboxylic acids is 1. The lowest BCUT2D eigenvalue weighted by Gasteiger charge is -2.04. The fourth-order valence-corrected chi connectivity index (χ4v) is 2.19. The first-order valence-electron chi connectivity index (χ1n) is 5.93. The van der Waals surface area contributed by atoms with E-state index in [0.717, 1.165) is 0 Å². The second-order valence-electron chi connectivity index (χ2n) is 4.19. The molecule has 0 unspecified atom stereocenters. The Morgan fingerprint density at radius 2 is 1.86 bits per heavy atom. The Morgan fingerprint density at radius 1 is 1.19 bits per heavy atom. The summed E-state index contributed by atoms with van der Waals surface area (Å²) in [4.78, 5) is 21.9. The van der Waals surface area contributed by atoms with E-state index >= 15 is 0 Å². The van der Waals surface area contributed by atoms with Gasteiger partial charge in [0.05, 0.1) is 16.1 Å². The highest BCUT2D eigenvalue weighted by Crippen LogP contribution is 2.27. The van der Waals surface area contributed by atoms with Crippen molar-refractivity contribution in [3.05, 3.63) is 74.2 Å². The van der Waals surface area contributed by atoms with E-state index in [2.05, 4.69) is 15.9 Å². The van der Waals surface area contributed by atoms with E-state index < -0.39 is 10.9 Å². The Hall–Kier alpha value is -2.47. The molecule has 2 rings (SSSR count). The van der Waals surface area contributed by atoms with Crippen molar-refractivity contribution >= 4 is 39.2 Å². The predicted molar refractivity (Wildman–Crippen MR) is 82.7 cm³/mol. The van der Waals surface area contributed by atoms with Gasteiger partial charge in [0, 0.05) is 10.5 Å². The number of rotatable bonds is 4. The van der Waals surface area contributed by atoms with Crippen molar-refractivity contribution in [2.45, 2.75) is 0 Å². The minimum atomic E-state index is -1.14. The monoisotopic (exact) mass is 347 g/mol. The maximum atomic E-state index is 11.4. The summed E-state index contributed by atoms with van der Waals surface area (Å²) in [5.41, 5.74) is 0.576. The van der Waals surface area contributed by atoms with E-state index in [9.17, 15) is 20.0 Å². The molecule has 0 aromatic heterocycles. The van der Waals surface area contributed by atoms with E-state index in [1.807, 2.05) is 0 Å². The van der Waals surface area contributed by atoms with Gasteiger partial charge < -0.3 is 5.11 Å². The molecule has 5 nitrogen and oxygen atoms in total. The van der Waals surface area contributed by atoms with Crippen LogP contribution in [-0.4, -0.2) is 16.0 Å². The molecule has 0 atom stereocenters. The van der Waals surface area contributed by atoms with Gasteiger partial charge >= 0.3 is 5.97 Å². The number of nitrogens with zero attached hydrogens (tertiary/aromatic N) is 1. The SMILES string of the molecule is O=C(O)/C(=C/c1ccc(Br)cc1[N+](=O)[O-])c1ccccc1. The van der Waals surface area contributed by atoms with Crippen LogP contribution in [0.2, 0.25) is 0 Å². The first kappa shape index (κ1) is 14.9. The van der Waals surface area contributed by atoms with Gasteiger partial charge in [-0.3, -0.25) is 10.1 Å². The van der Waals surface area contributed by atoms with Crippen LogP contribution in [0.1, 0.15) is 11.1 Å². The number of hydrogen-bond donors (Lipinski definition) is 1. The molecule has 0 saturated carbocycles. The van der Waals surface area contributed by atoms with Crippen molar-refractivity contribution in [3.63, 3.8) is 0 Å². The number of nitro groups is 1. The molecule has 0 radical (unpaired) electrons. The molecule has 1 N–H and O–H groups in total. The summed E-state index contributed by atoms with van der Waals surface area (Å²) in [5, 5.41) is 20.4. The van der Waals surface area contributed by atoms with Crippen LogP contribution in [0.4, 0.5) is 5.69 Å². The Morgan fingerprint density at radius 3 is 2.43 bits per heavy atom. The smallest absolute Gasteiger partial charge is 0.336 e. The number of hydrogen-bond acceptors (Lipinski definition) is 3. The van der Waals surface area contributed by atoms with Crippen molar-refractivity contribution in [2.75, 3.05) is 0 Å². The number of benzene rings is 2. The Labute approximate surface area is 128 Å². The highest BCUT2D eigenvalue weighted by Gasteiger charge is 2.16. The van der Waals surface area contributed by atoms with Gasteiger partial charge in [0.2, 0.25) is 0 Å². The topological polar surface area (TPSA) is 80.4 Å². The number of carboxylic acids is 1. The molecule has 2 aromatic rings. The molecule has 2 aromatic carbocycles. The predicted octanol–water partition coefficient (Wildman–Crippen LogP) is 3.98. The molecule has 0 aliphatic heterocycles. The molecular formula is C15H10BrNO4. The number of halogens is 1. The minimum Gasteiger partial charge on any atom is -0.478 e. The first-order chi connectivity index (χ1) is 9.99. The fraction of sp³-hybridized carbons (Fsp3) is 0. The molecule has 0 spiro atoms. The standard InChI is InChI=1S/C15H10BrNO4/c16-12-7-6-11(14(9-12)17(20)21)8-13(15(18)19)10-4-2-1-3-5-10/h1-9H,(H,18,19)/b13-8+. The van der Waals surface area contributed by atoms with Gasteiger partial charge in [-0.05, 0) is 23.8 Å². The Bertz CT molecular complexity index is 726. The summed E-state index contributed by atoms with van der Waals surface area (Å²) in [5.74, 6) is -1.14. The van der Waals surface area contributed by atoms with E-state index in [0.29, 0.717) is 10.0 Å².